The monoisotopic (exact) mass is 316 g/mol. The zero-order chi connectivity index (χ0) is 14.7. The zero-order valence-corrected chi connectivity index (χ0v) is 14.7. The van der Waals surface area contributed by atoms with Gasteiger partial charge in [-0.25, -0.2) is 0 Å². The lowest BCUT2D eigenvalue weighted by atomic mass is 9.98. The fraction of sp³-hybridized carbons (Fsp3) is 0.474. The summed E-state index contributed by atoms with van der Waals surface area (Å²) >= 11 is 3.82. The number of thiophene rings is 2. The third kappa shape index (κ3) is 3.02. The molecule has 2 heteroatoms. The highest BCUT2D eigenvalue weighted by Crippen LogP contribution is 2.38. The van der Waals surface area contributed by atoms with Crippen molar-refractivity contribution in [2.45, 2.75) is 58.8 Å². The average Bonchev–Trinajstić information content (AvgIpc) is 3.15. The van der Waals surface area contributed by atoms with Crippen molar-refractivity contribution in [2.24, 2.45) is 0 Å². The number of hydrogen-bond acceptors (Lipinski definition) is 2. The van der Waals surface area contributed by atoms with Gasteiger partial charge in [0.1, 0.15) is 0 Å². The third-order valence-electron chi connectivity index (χ3n) is 4.45. The van der Waals surface area contributed by atoms with Gasteiger partial charge in [0.05, 0.1) is 0 Å². The molecule has 0 N–H and O–H groups in total. The Hall–Kier alpha value is -0.860. The normalized spacial score (nSPS) is 11.7. The van der Waals surface area contributed by atoms with E-state index in [1.165, 1.54) is 70.7 Å². The van der Waals surface area contributed by atoms with Gasteiger partial charge in [-0.15, -0.1) is 22.7 Å². The number of hydrogen-bond donors (Lipinski definition) is 0. The third-order valence-corrected chi connectivity index (χ3v) is 6.46. The number of fused-ring (bicyclic) bond motifs is 2. The lowest BCUT2D eigenvalue weighted by molar-refractivity contribution is 0.609. The maximum absolute atomic E-state index is 2.33. The predicted octanol–water partition coefficient (Wildman–Crippen LogP) is 7.33. The summed E-state index contributed by atoms with van der Waals surface area (Å²) in [6.45, 7) is 4.57. The second-order valence-corrected chi connectivity index (χ2v) is 7.78. The molecule has 0 nitrogen and oxygen atoms in total. The van der Waals surface area contributed by atoms with Crippen LogP contribution in [0.15, 0.2) is 22.9 Å². The molecule has 0 spiro atoms. The van der Waals surface area contributed by atoms with Crippen molar-refractivity contribution in [2.75, 3.05) is 0 Å². The first kappa shape index (κ1) is 15.1. The van der Waals surface area contributed by atoms with Crippen molar-refractivity contribution in [1.29, 1.82) is 0 Å². The van der Waals surface area contributed by atoms with Crippen molar-refractivity contribution >= 4 is 42.8 Å². The lowest BCUT2D eigenvalue weighted by Gasteiger charge is -2.09. The molecule has 0 atom stereocenters. The summed E-state index contributed by atoms with van der Waals surface area (Å²) in [6.07, 6.45) is 9.51. The Kier molecular flexibility index (Phi) is 4.97. The Labute approximate surface area is 135 Å². The summed E-state index contributed by atoms with van der Waals surface area (Å²) < 4.78 is 3.04. The van der Waals surface area contributed by atoms with Crippen LogP contribution >= 0.6 is 22.7 Å². The number of benzene rings is 1. The summed E-state index contributed by atoms with van der Waals surface area (Å²) in [5.74, 6) is 0. The highest BCUT2D eigenvalue weighted by Gasteiger charge is 2.13. The summed E-state index contributed by atoms with van der Waals surface area (Å²) in [7, 11) is 0. The Morgan fingerprint density at radius 2 is 1.48 bits per heavy atom. The van der Waals surface area contributed by atoms with Gasteiger partial charge < -0.3 is 0 Å². The molecule has 0 unspecified atom stereocenters. The molecule has 2 heterocycles. The topological polar surface area (TPSA) is 0 Å². The van der Waals surface area contributed by atoms with Gasteiger partial charge in [0.2, 0.25) is 0 Å². The van der Waals surface area contributed by atoms with Gasteiger partial charge in [-0.1, -0.05) is 39.0 Å². The first-order valence-electron chi connectivity index (χ1n) is 8.18. The molecule has 0 radical (unpaired) electrons. The molecule has 1 aromatic carbocycles. The van der Waals surface area contributed by atoms with Crippen LogP contribution in [0.4, 0.5) is 0 Å². The fourth-order valence-electron chi connectivity index (χ4n) is 3.25. The van der Waals surface area contributed by atoms with Gasteiger partial charge >= 0.3 is 0 Å². The lowest BCUT2D eigenvalue weighted by Crippen LogP contribution is -1.90. The van der Waals surface area contributed by atoms with Crippen LogP contribution in [0.1, 0.15) is 56.6 Å². The Morgan fingerprint density at radius 3 is 2.29 bits per heavy atom. The molecule has 0 saturated carbocycles. The fourth-order valence-corrected chi connectivity index (χ4v) is 5.24. The molecule has 3 aromatic rings. The van der Waals surface area contributed by atoms with Crippen LogP contribution in [0.3, 0.4) is 0 Å². The number of unbranched alkanes of at least 4 members (excludes halogenated alkanes) is 5. The minimum absolute atomic E-state index is 1.25. The van der Waals surface area contributed by atoms with Gasteiger partial charge in [0.15, 0.2) is 0 Å². The molecule has 112 valence electrons. The number of rotatable bonds is 7. The van der Waals surface area contributed by atoms with Crippen LogP contribution in [0, 0.1) is 6.92 Å². The van der Waals surface area contributed by atoms with E-state index < -0.39 is 0 Å². The summed E-state index contributed by atoms with van der Waals surface area (Å²) in [4.78, 5) is 0. The van der Waals surface area contributed by atoms with E-state index in [-0.39, 0.29) is 0 Å². The summed E-state index contributed by atoms with van der Waals surface area (Å²) in [5, 5.41) is 7.51. The quantitative estimate of drug-likeness (QED) is 0.400. The molecule has 0 saturated heterocycles. The smallest absolute Gasteiger partial charge is 0.0384 e. The maximum atomic E-state index is 2.33. The van der Waals surface area contributed by atoms with Crippen molar-refractivity contribution in [1.82, 2.24) is 0 Å². The van der Waals surface area contributed by atoms with Crippen molar-refractivity contribution in [3.05, 3.63) is 34.0 Å². The molecule has 0 aliphatic heterocycles. The first-order valence-corrected chi connectivity index (χ1v) is 9.94. The first-order chi connectivity index (χ1) is 10.3. The Balaban J connectivity index is 1.81. The van der Waals surface area contributed by atoms with Crippen LogP contribution < -0.4 is 0 Å². The molecule has 2 aromatic heterocycles. The van der Waals surface area contributed by atoms with Crippen LogP contribution in [0.2, 0.25) is 0 Å². The highest BCUT2D eigenvalue weighted by atomic mass is 32.1. The van der Waals surface area contributed by atoms with Gasteiger partial charge in [-0.3, -0.25) is 0 Å². The van der Waals surface area contributed by atoms with Crippen LogP contribution in [-0.2, 0) is 6.42 Å². The van der Waals surface area contributed by atoms with Gasteiger partial charge in [0, 0.05) is 9.40 Å². The number of aryl methyl sites for hydroxylation is 2. The van der Waals surface area contributed by atoms with Crippen molar-refractivity contribution in [3.63, 3.8) is 0 Å². The molecule has 0 aliphatic carbocycles. The van der Waals surface area contributed by atoms with Crippen LogP contribution in [0.25, 0.3) is 20.2 Å². The van der Waals surface area contributed by atoms with E-state index in [2.05, 4.69) is 36.7 Å². The second-order valence-electron chi connectivity index (χ2n) is 5.95. The largest absolute Gasteiger partial charge is 0.144 e. The highest BCUT2D eigenvalue weighted by molar-refractivity contribution is 7.19. The maximum Gasteiger partial charge on any atom is 0.0384 e. The molecule has 3 rings (SSSR count). The van der Waals surface area contributed by atoms with Crippen LogP contribution in [-0.4, -0.2) is 0 Å². The van der Waals surface area contributed by atoms with E-state index in [0.29, 0.717) is 0 Å². The molecule has 0 aliphatic rings. The van der Waals surface area contributed by atoms with Gasteiger partial charge in [0.25, 0.3) is 0 Å². The van der Waals surface area contributed by atoms with E-state index >= 15 is 0 Å². The van der Waals surface area contributed by atoms with Crippen molar-refractivity contribution in [3.8, 4) is 0 Å². The Bertz CT molecular complexity index is 666. The van der Waals surface area contributed by atoms with E-state index in [1.54, 1.807) is 5.56 Å². The molecule has 0 amide bonds. The van der Waals surface area contributed by atoms with E-state index in [0.717, 1.165) is 0 Å². The predicted molar refractivity (Wildman–Crippen MR) is 99.0 cm³/mol. The molecular formula is C19H24S2. The summed E-state index contributed by atoms with van der Waals surface area (Å²) in [5.41, 5.74) is 3.08. The van der Waals surface area contributed by atoms with E-state index in [1.807, 2.05) is 22.7 Å². The average molecular weight is 317 g/mol. The van der Waals surface area contributed by atoms with Gasteiger partial charge in [-0.2, -0.15) is 0 Å². The van der Waals surface area contributed by atoms with E-state index in [4.69, 9.17) is 0 Å². The SMILES string of the molecule is CCCCCCCCc1c2ccsc2c(C)c2ccsc12. The molecule has 0 bridgehead atoms. The standard InChI is InChI=1S/C19H24S2/c1-3-4-5-6-7-8-9-16-17-11-13-20-18(17)14(2)15-10-12-21-19(15)16/h10-13H,3-9H2,1-2H3. The van der Waals surface area contributed by atoms with Gasteiger partial charge in [-0.05, 0) is 64.6 Å². The van der Waals surface area contributed by atoms with Crippen LogP contribution in [0.5, 0.6) is 0 Å². The Morgan fingerprint density at radius 1 is 0.810 bits per heavy atom. The minimum atomic E-state index is 1.25. The molecule has 0 fully saturated rings. The molecule has 21 heavy (non-hydrogen) atoms. The van der Waals surface area contributed by atoms with E-state index in [9.17, 15) is 0 Å². The molecular weight excluding hydrogens is 292 g/mol. The second kappa shape index (κ2) is 6.93. The summed E-state index contributed by atoms with van der Waals surface area (Å²) in [6, 6.07) is 4.64. The minimum Gasteiger partial charge on any atom is -0.144 e. The van der Waals surface area contributed by atoms with Crippen molar-refractivity contribution < 1.29 is 0 Å². The zero-order valence-electron chi connectivity index (χ0n) is 13.1.